The summed E-state index contributed by atoms with van der Waals surface area (Å²) in [5, 5.41) is 10.8. The number of ether oxygens (including phenoxy) is 2. The number of nitrogens with zero attached hydrogens (tertiary/aromatic N) is 3. The third-order valence-corrected chi connectivity index (χ3v) is 6.94. The van der Waals surface area contributed by atoms with Crippen molar-refractivity contribution < 1.29 is 14.6 Å². The number of benzene rings is 2. The van der Waals surface area contributed by atoms with Gasteiger partial charge in [-0.05, 0) is 57.0 Å². The van der Waals surface area contributed by atoms with Crippen molar-refractivity contribution in [2.45, 2.75) is 39.3 Å². The summed E-state index contributed by atoms with van der Waals surface area (Å²) < 4.78 is 16.9. The molecule has 0 aliphatic carbocycles. The van der Waals surface area contributed by atoms with Crippen molar-refractivity contribution in [2.75, 3.05) is 13.2 Å². The third-order valence-electron chi connectivity index (χ3n) is 6.94. The monoisotopic (exact) mass is 489 g/mol. The summed E-state index contributed by atoms with van der Waals surface area (Å²) in [5.74, 6) is 0.397. The Hall–Kier alpha value is -3.78. The average molecular weight is 490 g/mol. The summed E-state index contributed by atoms with van der Waals surface area (Å²) in [5.41, 5.74) is 3.51. The Labute approximate surface area is 208 Å². The molecule has 0 unspecified atom stereocenters. The lowest BCUT2D eigenvalue weighted by atomic mass is 9.97. The molecule has 2 aromatic carbocycles. The topological polar surface area (TPSA) is 87.6 Å². The highest BCUT2D eigenvalue weighted by molar-refractivity contribution is 5.97. The van der Waals surface area contributed by atoms with Crippen LogP contribution < -0.4 is 16.0 Å². The fourth-order valence-electron chi connectivity index (χ4n) is 5.28. The van der Waals surface area contributed by atoms with Crippen LogP contribution in [0.1, 0.15) is 43.7 Å². The van der Waals surface area contributed by atoms with Crippen LogP contribution in [-0.4, -0.2) is 32.0 Å². The van der Waals surface area contributed by atoms with E-state index in [9.17, 15) is 14.7 Å². The molecule has 2 aromatic heterocycles. The van der Waals surface area contributed by atoms with Gasteiger partial charge < -0.3 is 19.1 Å². The van der Waals surface area contributed by atoms with Gasteiger partial charge in [0, 0.05) is 14.1 Å². The van der Waals surface area contributed by atoms with Crippen molar-refractivity contribution in [2.24, 2.45) is 14.1 Å². The first kappa shape index (κ1) is 23.9. The molecule has 8 nitrogen and oxygen atoms in total. The smallest absolute Gasteiger partial charge is 0.331 e. The predicted molar refractivity (Wildman–Crippen MR) is 139 cm³/mol. The number of fused-ring (bicyclic) bond motifs is 3. The van der Waals surface area contributed by atoms with Crippen molar-refractivity contribution in [1.82, 2.24) is 13.7 Å². The van der Waals surface area contributed by atoms with Crippen molar-refractivity contribution in [1.29, 1.82) is 0 Å². The number of aryl methyl sites for hydroxylation is 2. The third kappa shape index (κ3) is 3.47. The first-order valence-corrected chi connectivity index (χ1v) is 12.1. The Morgan fingerprint density at radius 2 is 1.86 bits per heavy atom. The van der Waals surface area contributed by atoms with Crippen LogP contribution in [0.4, 0.5) is 0 Å². The summed E-state index contributed by atoms with van der Waals surface area (Å²) in [6, 6.07) is 13.2. The number of aromatic hydroxyl groups is 1. The van der Waals surface area contributed by atoms with E-state index in [0.717, 1.165) is 32.6 Å². The van der Waals surface area contributed by atoms with E-state index in [0.29, 0.717) is 29.9 Å². The molecule has 1 N–H and O–H groups in total. The van der Waals surface area contributed by atoms with Gasteiger partial charge in [0.05, 0.1) is 41.0 Å². The zero-order chi connectivity index (χ0) is 25.9. The van der Waals surface area contributed by atoms with Gasteiger partial charge >= 0.3 is 5.69 Å². The van der Waals surface area contributed by atoms with E-state index >= 15 is 0 Å². The number of phenolic OH excluding ortho intramolecular Hbond substituents is 1. The Balaban J connectivity index is 1.96. The number of hydrogen-bond donors (Lipinski definition) is 1. The summed E-state index contributed by atoms with van der Waals surface area (Å²) in [6.07, 6.45) is -0.586. The number of aromatic nitrogens is 3. The molecule has 1 atom stereocenters. The van der Waals surface area contributed by atoms with E-state index in [1.807, 2.05) is 32.0 Å². The lowest BCUT2D eigenvalue weighted by molar-refractivity contribution is -0.00717. The van der Waals surface area contributed by atoms with Crippen molar-refractivity contribution in [3.05, 3.63) is 80.1 Å². The minimum atomic E-state index is -0.586. The Morgan fingerprint density at radius 1 is 1.11 bits per heavy atom. The Bertz CT molecular complexity index is 1620. The quantitative estimate of drug-likeness (QED) is 0.469. The van der Waals surface area contributed by atoms with Crippen molar-refractivity contribution >= 4 is 10.9 Å². The largest absolute Gasteiger partial charge is 0.504 e. The van der Waals surface area contributed by atoms with Gasteiger partial charge in [-0.25, -0.2) is 4.79 Å². The fourth-order valence-corrected chi connectivity index (χ4v) is 5.28. The fraction of sp³-hybridized carbons (Fsp3) is 0.357. The normalized spacial score (nSPS) is 16.8. The van der Waals surface area contributed by atoms with Gasteiger partial charge in [-0.2, -0.15) is 0 Å². The van der Waals surface area contributed by atoms with Crippen molar-refractivity contribution in [3.8, 4) is 22.8 Å². The molecule has 0 radical (unpaired) electrons. The van der Waals surface area contributed by atoms with Crippen LogP contribution >= 0.6 is 0 Å². The molecule has 8 heteroatoms. The maximum Gasteiger partial charge on any atom is 0.331 e. The predicted octanol–water partition coefficient (Wildman–Crippen LogP) is 3.97. The molecule has 1 aliphatic rings. The minimum Gasteiger partial charge on any atom is -0.504 e. The first-order valence-electron chi connectivity index (χ1n) is 12.1. The van der Waals surface area contributed by atoms with Crippen LogP contribution in [0.5, 0.6) is 11.5 Å². The molecular formula is C28H31N3O5. The lowest BCUT2D eigenvalue weighted by Crippen LogP contribution is -2.40. The molecule has 3 heterocycles. The lowest BCUT2D eigenvalue weighted by Gasteiger charge is -2.39. The standard InChI is InChI=1S/C28H31N3O5/c1-7-35-20-14-18(11-12-19(20)32)25-24-23-21(26(33)30(6)27(34)29(23)5)22(17-10-8-9-16(2)13-17)31(24)28(3,4)15-36-25/h8-14,25,32H,7,15H2,1-6H3/t25-/m1/s1. The van der Waals surface area contributed by atoms with Crippen LogP contribution in [0, 0.1) is 6.92 Å². The van der Waals surface area contributed by atoms with Crippen LogP contribution in [0.15, 0.2) is 52.1 Å². The Kier molecular flexibility index (Phi) is 5.59. The highest BCUT2D eigenvalue weighted by Gasteiger charge is 2.40. The molecule has 0 amide bonds. The van der Waals surface area contributed by atoms with Crippen molar-refractivity contribution in [3.63, 3.8) is 0 Å². The Morgan fingerprint density at radius 3 is 2.56 bits per heavy atom. The number of rotatable bonds is 4. The first-order chi connectivity index (χ1) is 17.1. The molecule has 5 rings (SSSR count). The number of phenols is 1. The minimum absolute atomic E-state index is 0.0405. The SMILES string of the molecule is CCOc1cc([C@H]2OCC(C)(C)n3c(-c4cccc(C)c4)c4c(=O)n(C)c(=O)n(C)c4c32)ccc1O. The van der Waals surface area contributed by atoms with Gasteiger partial charge in [-0.15, -0.1) is 0 Å². The van der Waals surface area contributed by atoms with Gasteiger partial charge in [-0.1, -0.05) is 29.8 Å². The average Bonchev–Trinajstić information content (AvgIpc) is 3.21. The maximum atomic E-state index is 13.7. The van der Waals surface area contributed by atoms with Crippen LogP contribution in [0.3, 0.4) is 0 Å². The number of hydrogen-bond acceptors (Lipinski definition) is 5. The molecule has 0 fully saturated rings. The highest BCUT2D eigenvalue weighted by atomic mass is 16.5. The molecule has 0 saturated heterocycles. The van der Waals surface area contributed by atoms with E-state index < -0.39 is 17.3 Å². The van der Waals surface area contributed by atoms with E-state index in [2.05, 4.69) is 24.5 Å². The molecular weight excluding hydrogens is 458 g/mol. The van der Waals surface area contributed by atoms with Gasteiger partial charge in [0.2, 0.25) is 0 Å². The molecule has 0 spiro atoms. The van der Waals surface area contributed by atoms with Crippen LogP contribution in [-0.2, 0) is 24.4 Å². The second-order valence-electron chi connectivity index (χ2n) is 10.0. The zero-order valence-electron chi connectivity index (χ0n) is 21.5. The summed E-state index contributed by atoms with van der Waals surface area (Å²) in [4.78, 5) is 26.8. The second kappa shape index (κ2) is 8.41. The van der Waals surface area contributed by atoms with E-state index in [-0.39, 0.29) is 11.3 Å². The zero-order valence-corrected chi connectivity index (χ0v) is 21.5. The van der Waals surface area contributed by atoms with Gasteiger partial charge in [0.25, 0.3) is 5.56 Å². The van der Waals surface area contributed by atoms with E-state index in [1.54, 1.807) is 25.2 Å². The molecule has 36 heavy (non-hydrogen) atoms. The molecule has 0 saturated carbocycles. The molecule has 1 aliphatic heterocycles. The van der Waals surface area contributed by atoms with Crippen LogP contribution in [0.25, 0.3) is 22.2 Å². The van der Waals surface area contributed by atoms with Gasteiger partial charge in [0.1, 0.15) is 6.10 Å². The second-order valence-corrected chi connectivity index (χ2v) is 10.0. The molecule has 4 aromatic rings. The summed E-state index contributed by atoms with van der Waals surface area (Å²) in [6.45, 7) is 8.78. The maximum absolute atomic E-state index is 13.7. The van der Waals surface area contributed by atoms with Gasteiger partial charge in [0.15, 0.2) is 11.5 Å². The molecule has 0 bridgehead atoms. The highest BCUT2D eigenvalue weighted by Crippen LogP contribution is 2.46. The summed E-state index contributed by atoms with van der Waals surface area (Å²) in [7, 11) is 3.19. The molecule has 188 valence electrons. The van der Waals surface area contributed by atoms with E-state index in [1.165, 1.54) is 11.6 Å². The van der Waals surface area contributed by atoms with E-state index in [4.69, 9.17) is 9.47 Å². The summed E-state index contributed by atoms with van der Waals surface area (Å²) >= 11 is 0. The van der Waals surface area contributed by atoms with Gasteiger partial charge in [-0.3, -0.25) is 13.9 Å². The van der Waals surface area contributed by atoms with Crippen LogP contribution in [0.2, 0.25) is 0 Å².